The minimum atomic E-state index is -3.60. The van der Waals surface area contributed by atoms with Gasteiger partial charge in [0.1, 0.15) is 0 Å². The summed E-state index contributed by atoms with van der Waals surface area (Å²) in [7, 11) is -0.332. The SMILES string of the molecule is CN(C)C(=O)c1cccc(S(=O)(=O)N2CCCC2CN)c1.Cl. The highest BCUT2D eigenvalue weighted by Gasteiger charge is 2.34. The van der Waals surface area contributed by atoms with E-state index in [-0.39, 0.29) is 29.3 Å². The maximum absolute atomic E-state index is 12.7. The van der Waals surface area contributed by atoms with Crippen molar-refractivity contribution in [2.24, 2.45) is 5.73 Å². The number of amides is 1. The highest BCUT2D eigenvalue weighted by atomic mass is 35.5. The van der Waals surface area contributed by atoms with Crippen LogP contribution in [0.2, 0.25) is 0 Å². The van der Waals surface area contributed by atoms with Crippen molar-refractivity contribution in [3.63, 3.8) is 0 Å². The van der Waals surface area contributed by atoms with Crippen molar-refractivity contribution in [1.82, 2.24) is 9.21 Å². The van der Waals surface area contributed by atoms with E-state index in [2.05, 4.69) is 0 Å². The van der Waals surface area contributed by atoms with Crippen molar-refractivity contribution in [1.29, 1.82) is 0 Å². The predicted molar refractivity (Wildman–Crippen MR) is 87.7 cm³/mol. The predicted octanol–water partition coefficient (Wildman–Crippen LogP) is 0.922. The van der Waals surface area contributed by atoms with Crippen molar-refractivity contribution in [2.75, 3.05) is 27.2 Å². The molecular formula is C14H22ClN3O3S. The number of nitrogens with zero attached hydrogens (tertiary/aromatic N) is 2. The number of hydrogen-bond acceptors (Lipinski definition) is 4. The Bertz CT molecular complexity index is 634. The minimum absolute atomic E-state index is 0. The van der Waals surface area contributed by atoms with E-state index in [0.717, 1.165) is 12.8 Å². The Morgan fingerprint density at radius 3 is 2.68 bits per heavy atom. The lowest BCUT2D eigenvalue weighted by Gasteiger charge is -2.23. The molecule has 1 atom stereocenters. The number of halogens is 1. The Kier molecular flexibility index (Phi) is 6.37. The van der Waals surface area contributed by atoms with E-state index in [9.17, 15) is 13.2 Å². The highest BCUT2D eigenvalue weighted by molar-refractivity contribution is 7.89. The Balaban J connectivity index is 0.00000242. The number of hydrogen-bond donors (Lipinski definition) is 1. The smallest absolute Gasteiger partial charge is 0.253 e. The quantitative estimate of drug-likeness (QED) is 0.877. The van der Waals surface area contributed by atoms with Gasteiger partial charge in [0, 0.05) is 38.8 Å². The molecule has 1 fully saturated rings. The Morgan fingerprint density at radius 1 is 1.41 bits per heavy atom. The molecule has 1 aromatic carbocycles. The summed E-state index contributed by atoms with van der Waals surface area (Å²) < 4.78 is 26.8. The van der Waals surface area contributed by atoms with Crippen LogP contribution in [0.3, 0.4) is 0 Å². The fourth-order valence-electron chi connectivity index (χ4n) is 2.54. The summed E-state index contributed by atoms with van der Waals surface area (Å²) in [5, 5.41) is 0. The number of carbonyl (C=O) groups excluding carboxylic acids is 1. The van der Waals surface area contributed by atoms with Gasteiger partial charge >= 0.3 is 0 Å². The average molecular weight is 348 g/mol. The molecule has 0 aliphatic carbocycles. The maximum atomic E-state index is 12.7. The first kappa shape index (κ1) is 18.9. The van der Waals surface area contributed by atoms with Gasteiger partial charge in [-0.25, -0.2) is 8.42 Å². The van der Waals surface area contributed by atoms with Crippen LogP contribution in [-0.4, -0.2) is 56.8 Å². The molecule has 0 spiro atoms. The van der Waals surface area contributed by atoms with Gasteiger partial charge in [-0.3, -0.25) is 4.79 Å². The molecule has 0 aromatic heterocycles. The van der Waals surface area contributed by atoms with Gasteiger partial charge in [0.25, 0.3) is 5.91 Å². The number of rotatable bonds is 4. The van der Waals surface area contributed by atoms with Crippen LogP contribution >= 0.6 is 12.4 Å². The second-order valence-electron chi connectivity index (χ2n) is 5.37. The number of sulfonamides is 1. The molecule has 1 unspecified atom stereocenters. The molecule has 1 aliphatic rings. The normalized spacial score (nSPS) is 18.8. The lowest BCUT2D eigenvalue weighted by atomic mass is 10.2. The van der Waals surface area contributed by atoms with E-state index in [1.54, 1.807) is 26.2 Å². The largest absolute Gasteiger partial charge is 0.345 e. The summed E-state index contributed by atoms with van der Waals surface area (Å²) in [6.45, 7) is 0.797. The molecule has 0 radical (unpaired) electrons. The van der Waals surface area contributed by atoms with E-state index in [0.29, 0.717) is 18.7 Å². The van der Waals surface area contributed by atoms with E-state index < -0.39 is 10.0 Å². The van der Waals surface area contributed by atoms with Crippen LogP contribution in [-0.2, 0) is 10.0 Å². The molecule has 1 amide bonds. The molecule has 6 nitrogen and oxygen atoms in total. The van der Waals surface area contributed by atoms with Crippen molar-refractivity contribution in [3.8, 4) is 0 Å². The van der Waals surface area contributed by atoms with Crippen LogP contribution in [0.4, 0.5) is 0 Å². The topological polar surface area (TPSA) is 83.7 Å². The van der Waals surface area contributed by atoms with E-state index in [1.165, 1.54) is 21.3 Å². The van der Waals surface area contributed by atoms with Crippen LogP contribution in [0.15, 0.2) is 29.2 Å². The van der Waals surface area contributed by atoms with Gasteiger partial charge in [-0.15, -0.1) is 12.4 Å². The summed E-state index contributed by atoms with van der Waals surface area (Å²) in [4.78, 5) is 13.5. The molecule has 1 saturated heterocycles. The molecule has 8 heteroatoms. The second kappa shape index (κ2) is 7.41. The molecular weight excluding hydrogens is 326 g/mol. The number of nitrogens with two attached hydrogens (primary N) is 1. The molecule has 0 saturated carbocycles. The fraction of sp³-hybridized carbons (Fsp3) is 0.500. The lowest BCUT2D eigenvalue weighted by molar-refractivity contribution is 0.0827. The molecule has 22 heavy (non-hydrogen) atoms. The van der Waals surface area contributed by atoms with Gasteiger partial charge in [0.2, 0.25) is 10.0 Å². The maximum Gasteiger partial charge on any atom is 0.253 e. The number of carbonyl (C=O) groups is 1. The van der Waals surface area contributed by atoms with Crippen molar-refractivity contribution < 1.29 is 13.2 Å². The first-order chi connectivity index (χ1) is 9.87. The van der Waals surface area contributed by atoms with Gasteiger partial charge < -0.3 is 10.6 Å². The van der Waals surface area contributed by atoms with Crippen molar-refractivity contribution >= 4 is 28.3 Å². The third kappa shape index (κ3) is 3.60. The molecule has 1 aromatic rings. The Hall–Kier alpha value is -1.15. The Morgan fingerprint density at radius 2 is 2.09 bits per heavy atom. The molecule has 1 heterocycles. The highest BCUT2D eigenvalue weighted by Crippen LogP contribution is 2.26. The van der Waals surface area contributed by atoms with Gasteiger partial charge in [-0.05, 0) is 31.0 Å². The lowest BCUT2D eigenvalue weighted by Crippen LogP contribution is -2.39. The van der Waals surface area contributed by atoms with Crippen LogP contribution in [0.25, 0.3) is 0 Å². The van der Waals surface area contributed by atoms with Gasteiger partial charge in [-0.1, -0.05) is 6.07 Å². The molecule has 2 rings (SSSR count). The van der Waals surface area contributed by atoms with Gasteiger partial charge in [0.15, 0.2) is 0 Å². The van der Waals surface area contributed by atoms with Crippen LogP contribution in [0.5, 0.6) is 0 Å². The summed E-state index contributed by atoms with van der Waals surface area (Å²) in [6, 6.07) is 6.02. The second-order valence-corrected chi connectivity index (χ2v) is 7.27. The van der Waals surface area contributed by atoms with Crippen LogP contribution < -0.4 is 5.73 Å². The summed E-state index contributed by atoms with van der Waals surface area (Å²) in [5.41, 5.74) is 6.02. The molecule has 1 aliphatic heterocycles. The standard InChI is InChI=1S/C14H21N3O3S.ClH/c1-16(2)14(18)11-5-3-7-13(9-11)21(19,20)17-8-4-6-12(17)10-15;/h3,5,7,9,12H,4,6,8,10,15H2,1-2H3;1H. The summed E-state index contributed by atoms with van der Waals surface area (Å²) in [5.74, 6) is -0.219. The van der Waals surface area contributed by atoms with Crippen LogP contribution in [0.1, 0.15) is 23.2 Å². The van der Waals surface area contributed by atoms with E-state index in [4.69, 9.17) is 5.73 Å². The Labute approximate surface area is 137 Å². The number of benzene rings is 1. The average Bonchev–Trinajstić information content (AvgIpc) is 2.95. The van der Waals surface area contributed by atoms with Crippen molar-refractivity contribution in [2.45, 2.75) is 23.8 Å². The summed E-state index contributed by atoms with van der Waals surface area (Å²) in [6.07, 6.45) is 1.60. The molecule has 0 bridgehead atoms. The minimum Gasteiger partial charge on any atom is -0.345 e. The van der Waals surface area contributed by atoms with E-state index in [1.807, 2.05) is 0 Å². The van der Waals surface area contributed by atoms with Gasteiger partial charge in [-0.2, -0.15) is 4.31 Å². The third-order valence-corrected chi connectivity index (χ3v) is 5.64. The zero-order chi connectivity index (χ0) is 15.6. The zero-order valence-corrected chi connectivity index (χ0v) is 14.4. The van der Waals surface area contributed by atoms with Crippen molar-refractivity contribution in [3.05, 3.63) is 29.8 Å². The fourth-order valence-corrected chi connectivity index (χ4v) is 4.29. The summed E-state index contributed by atoms with van der Waals surface area (Å²) >= 11 is 0. The molecule has 2 N–H and O–H groups in total. The van der Waals surface area contributed by atoms with Gasteiger partial charge in [0.05, 0.1) is 4.90 Å². The molecule has 124 valence electrons. The monoisotopic (exact) mass is 347 g/mol. The van der Waals surface area contributed by atoms with E-state index >= 15 is 0 Å². The third-order valence-electron chi connectivity index (χ3n) is 3.69. The first-order valence-electron chi connectivity index (χ1n) is 6.91. The van der Waals surface area contributed by atoms with Crippen LogP contribution in [0, 0.1) is 0 Å². The zero-order valence-electron chi connectivity index (χ0n) is 12.7. The first-order valence-corrected chi connectivity index (χ1v) is 8.35.